The Morgan fingerprint density at radius 1 is 1.48 bits per heavy atom. The number of β-lactam (4-membered cyclic amide) rings is 1. The maximum atomic E-state index is 12.3. The van der Waals surface area contributed by atoms with Crippen LogP contribution in [0.25, 0.3) is 0 Å². The highest BCUT2D eigenvalue weighted by molar-refractivity contribution is 8.03. The molecule has 1 aromatic heterocycles. The van der Waals surface area contributed by atoms with Crippen LogP contribution < -0.4 is 10.6 Å². The first-order valence-corrected chi connectivity index (χ1v) is 9.83. The van der Waals surface area contributed by atoms with Gasteiger partial charge >= 0.3 is 5.97 Å². The molecule has 3 N–H and O–H groups in total. The number of carboxylic acid groups (broad SMARTS) is 1. The highest BCUT2D eigenvalue weighted by atomic mass is 32.2. The van der Waals surface area contributed by atoms with Gasteiger partial charge in [0, 0.05) is 29.0 Å². The summed E-state index contributed by atoms with van der Waals surface area (Å²) >= 11 is 1.49. The van der Waals surface area contributed by atoms with Crippen LogP contribution in [0, 0.1) is 5.92 Å². The highest BCUT2D eigenvalue weighted by Gasteiger charge is 2.52. The maximum absolute atomic E-state index is 12.3. The lowest BCUT2D eigenvalue weighted by Gasteiger charge is -2.37. The van der Waals surface area contributed by atoms with Crippen molar-refractivity contribution in [3.05, 3.63) is 34.8 Å². The number of nitrogens with one attached hydrogen (secondary N) is 2. The van der Waals surface area contributed by atoms with E-state index in [2.05, 4.69) is 10.6 Å². The van der Waals surface area contributed by atoms with Gasteiger partial charge in [0.05, 0.1) is 24.9 Å². The van der Waals surface area contributed by atoms with Gasteiger partial charge < -0.3 is 25.1 Å². The Morgan fingerprint density at radius 3 is 2.96 bits per heavy atom. The molecule has 3 aliphatic rings. The third kappa shape index (κ3) is 3.25. The van der Waals surface area contributed by atoms with Crippen molar-refractivity contribution >= 4 is 29.5 Å². The second-order valence-corrected chi connectivity index (χ2v) is 8.42. The topological polar surface area (TPSA) is 112 Å². The predicted molar refractivity (Wildman–Crippen MR) is 97.4 cm³/mol. The minimum Gasteiger partial charge on any atom is -0.477 e. The van der Waals surface area contributed by atoms with Crippen molar-refractivity contribution in [2.75, 3.05) is 6.54 Å². The van der Waals surface area contributed by atoms with E-state index < -0.39 is 5.97 Å². The number of hydrogen-bond donors (Lipinski definition) is 3. The van der Waals surface area contributed by atoms with Crippen molar-refractivity contribution in [1.29, 1.82) is 0 Å². The zero-order valence-corrected chi connectivity index (χ0v) is 15.6. The van der Waals surface area contributed by atoms with Gasteiger partial charge in [-0.15, -0.1) is 11.8 Å². The molecule has 144 valence electrons. The van der Waals surface area contributed by atoms with Gasteiger partial charge in [-0.2, -0.15) is 0 Å². The number of carbonyl (C=O) groups excluding carboxylic acids is 2. The van der Waals surface area contributed by atoms with Gasteiger partial charge in [-0.3, -0.25) is 9.59 Å². The van der Waals surface area contributed by atoms with Crippen molar-refractivity contribution in [1.82, 2.24) is 15.5 Å². The number of carbonyl (C=O) groups is 3. The molecule has 0 aliphatic carbocycles. The van der Waals surface area contributed by atoms with Crippen LogP contribution in [-0.4, -0.2) is 51.7 Å². The van der Waals surface area contributed by atoms with Gasteiger partial charge in [0.15, 0.2) is 0 Å². The average molecular weight is 391 g/mol. The van der Waals surface area contributed by atoms with Crippen LogP contribution >= 0.6 is 11.8 Å². The average Bonchev–Trinajstić information content (AvgIpc) is 3.34. The number of hydrogen-bond acceptors (Lipinski definition) is 6. The lowest BCUT2D eigenvalue weighted by Crippen LogP contribution is -2.51. The van der Waals surface area contributed by atoms with Crippen LogP contribution in [0.1, 0.15) is 25.5 Å². The van der Waals surface area contributed by atoms with E-state index in [-0.39, 0.29) is 40.8 Å². The van der Waals surface area contributed by atoms with E-state index in [4.69, 9.17) is 4.42 Å². The number of fused-ring (bicyclic) bond motifs is 1. The zero-order chi connectivity index (χ0) is 19.1. The summed E-state index contributed by atoms with van der Waals surface area (Å²) in [7, 11) is 0. The summed E-state index contributed by atoms with van der Waals surface area (Å²) in [4.78, 5) is 38.0. The molecule has 3 unspecified atom stereocenters. The van der Waals surface area contributed by atoms with E-state index in [1.54, 1.807) is 18.4 Å². The molecule has 8 nitrogen and oxygen atoms in total. The molecule has 3 aliphatic heterocycles. The summed E-state index contributed by atoms with van der Waals surface area (Å²) in [5.74, 6) is -0.568. The molecular weight excluding hydrogens is 370 g/mol. The fourth-order valence-electron chi connectivity index (χ4n) is 3.90. The van der Waals surface area contributed by atoms with Crippen LogP contribution in [0.4, 0.5) is 0 Å². The Labute approximate surface area is 160 Å². The fourth-order valence-corrected chi connectivity index (χ4v) is 5.39. The molecule has 4 heterocycles. The largest absolute Gasteiger partial charge is 0.477 e. The van der Waals surface area contributed by atoms with E-state index in [1.807, 2.05) is 6.92 Å². The first kappa shape index (κ1) is 18.1. The van der Waals surface area contributed by atoms with Gasteiger partial charge in [-0.1, -0.05) is 6.92 Å². The predicted octanol–water partition coefficient (Wildman–Crippen LogP) is 0.906. The van der Waals surface area contributed by atoms with Gasteiger partial charge in [0.1, 0.15) is 11.5 Å². The summed E-state index contributed by atoms with van der Waals surface area (Å²) < 4.78 is 5.20. The van der Waals surface area contributed by atoms with Gasteiger partial charge in [-0.05, 0) is 18.6 Å². The van der Waals surface area contributed by atoms with Gasteiger partial charge in [0.25, 0.3) is 0 Å². The summed E-state index contributed by atoms with van der Waals surface area (Å²) in [6.07, 6.45) is 2.57. The van der Waals surface area contributed by atoms with Crippen molar-refractivity contribution < 1.29 is 23.9 Å². The number of thioether (sulfide) groups is 1. The smallest absolute Gasteiger partial charge is 0.353 e. The molecule has 0 radical (unpaired) electrons. The molecule has 2 fully saturated rings. The number of aliphatic carboxylic acids is 1. The molecule has 1 aromatic rings. The fraction of sp³-hybridized carbons (Fsp3) is 0.500. The number of nitrogens with zero attached hydrogens (tertiary/aromatic N) is 1. The molecule has 27 heavy (non-hydrogen) atoms. The van der Waals surface area contributed by atoms with Crippen molar-refractivity contribution in [3.8, 4) is 0 Å². The van der Waals surface area contributed by atoms with Crippen LogP contribution in [-0.2, 0) is 20.9 Å². The summed E-state index contributed by atoms with van der Waals surface area (Å²) in [5.41, 5.74) is 0.125. The maximum Gasteiger partial charge on any atom is 0.353 e. The van der Waals surface area contributed by atoms with Crippen LogP contribution in [0.2, 0.25) is 0 Å². The zero-order valence-electron chi connectivity index (χ0n) is 14.8. The highest BCUT2D eigenvalue weighted by Crippen LogP contribution is 2.48. The Balaban J connectivity index is 1.37. The summed E-state index contributed by atoms with van der Waals surface area (Å²) in [5, 5.41) is 15.7. The molecule has 4 atom stereocenters. The van der Waals surface area contributed by atoms with E-state index in [1.165, 1.54) is 16.7 Å². The molecule has 4 rings (SSSR count). The first-order chi connectivity index (χ1) is 13.0. The number of rotatable bonds is 6. The summed E-state index contributed by atoms with van der Waals surface area (Å²) in [6, 6.07) is 3.22. The number of furan rings is 1. The minimum absolute atomic E-state index is 0.0191. The Bertz CT molecular complexity index is 806. The van der Waals surface area contributed by atoms with E-state index in [9.17, 15) is 19.5 Å². The van der Waals surface area contributed by atoms with Crippen molar-refractivity contribution in [2.24, 2.45) is 5.92 Å². The second-order valence-electron chi connectivity index (χ2n) is 7.08. The number of amides is 2. The quantitative estimate of drug-likeness (QED) is 0.618. The lowest BCUT2D eigenvalue weighted by molar-refractivity contribution is -0.148. The Hall–Kier alpha value is -2.26. The van der Waals surface area contributed by atoms with E-state index >= 15 is 0 Å². The lowest BCUT2D eigenvalue weighted by atomic mass is 9.94. The number of carboxylic acids is 1. The first-order valence-electron chi connectivity index (χ1n) is 8.95. The van der Waals surface area contributed by atoms with Crippen LogP contribution in [0.3, 0.4) is 0 Å². The minimum atomic E-state index is -1.06. The second kappa shape index (κ2) is 7.05. The monoisotopic (exact) mass is 391 g/mol. The molecular formula is C18H21N3O5S. The molecule has 0 aromatic carbocycles. The van der Waals surface area contributed by atoms with Crippen molar-refractivity contribution in [2.45, 2.75) is 43.6 Å². The van der Waals surface area contributed by atoms with E-state index in [0.717, 1.165) is 4.91 Å². The Morgan fingerprint density at radius 2 is 2.30 bits per heavy atom. The SMILES string of the molecule is CC1C(SC2CN[C@H](C(=O)NCc3ccco3)C2)=C(C(=O)O)N2C(=O)CC12. The molecule has 2 saturated heterocycles. The third-order valence-electron chi connectivity index (χ3n) is 5.37. The molecule has 0 saturated carbocycles. The van der Waals surface area contributed by atoms with Crippen LogP contribution in [0.15, 0.2) is 33.4 Å². The van der Waals surface area contributed by atoms with Gasteiger partial charge in [-0.25, -0.2) is 4.79 Å². The molecule has 0 spiro atoms. The molecule has 2 amide bonds. The van der Waals surface area contributed by atoms with Crippen LogP contribution in [0.5, 0.6) is 0 Å². The standard InChI is InChI=1S/C18H21N3O5S/c1-9-13-6-14(22)21(13)15(18(24)25)16(9)27-11-5-12(19-8-11)17(23)20-7-10-3-2-4-26-10/h2-4,9,11-13,19H,5-8H2,1H3,(H,20,23)(H,24,25)/t9?,11?,12-,13?/m0/s1. The van der Waals surface area contributed by atoms with Gasteiger partial charge in [0.2, 0.25) is 11.8 Å². The Kier molecular flexibility index (Phi) is 4.73. The third-order valence-corrected chi connectivity index (χ3v) is 6.88. The van der Waals surface area contributed by atoms with E-state index in [0.29, 0.717) is 31.7 Å². The molecule has 0 bridgehead atoms. The molecule has 9 heteroatoms. The normalized spacial score (nSPS) is 29.7. The summed E-state index contributed by atoms with van der Waals surface area (Å²) in [6.45, 7) is 2.93. The van der Waals surface area contributed by atoms with Crippen molar-refractivity contribution in [3.63, 3.8) is 0 Å².